The Labute approximate surface area is 109 Å². The Balaban J connectivity index is 1.98. The molecule has 96 valence electrons. The number of hydrogen-bond acceptors (Lipinski definition) is 3. The van der Waals surface area contributed by atoms with Crippen LogP contribution in [0.5, 0.6) is 0 Å². The Morgan fingerprint density at radius 2 is 1.89 bits per heavy atom. The second-order valence-electron chi connectivity index (χ2n) is 5.02. The smallest absolute Gasteiger partial charge is 0.153 e. The molecule has 0 aromatic heterocycles. The molecule has 1 aromatic rings. The summed E-state index contributed by atoms with van der Waals surface area (Å²) in [5.74, 6) is 0. The van der Waals surface area contributed by atoms with Crippen molar-refractivity contribution >= 4 is 0 Å². The lowest BCUT2D eigenvalue weighted by atomic mass is 9.93. The van der Waals surface area contributed by atoms with E-state index >= 15 is 0 Å². The van der Waals surface area contributed by atoms with Crippen LogP contribution in [0.1, 0.15) is 37.7 Å². The summed E-state index contributed by atoms with van der Waals surface area (Å²) in [5, 5.41) is 9.31. The number of benzene rings is 1. The number of hydrogen-bond donors (Lipinski definition) is 1. The molecule has 3 heteroatoms. The van der Waals surface area contributed by atoms with Gasteiger partial charge in [0.05, 0.1) is 18.8 Å². The summed E-state index contributed by atoms with van der Waals surface area (Å²) in [6, 6.07) is 11.7. The number of nitrogens with zero attached hydrogens (tertiary/aromatic N) is 1. The maximum absolute atomic E-state index is 9.31. The highest BCUT2D eigenvalue weighted by Gasteiger charge is 2.29. The van der Waals surface area contributed by atoms with Gasteiger partial charge >= 0.3 is 0 Å². The van der Waals surface area contributed by atoms with Crippen molar-refractivity contribution in [1.82, 2.24) is 0 Å². The number of nitrogens with two attached hydrogens (primary N) is 1. The highest BCUT2D eigenvalue weighted by molar-refractivity contribution is 5.30. The summed E-state index contributed by atoms with van der Waals surface area (Å²) >= 11 is 0. The topological polar surface area (TPSA) is 59.0 Å². The van der Waals surface area contributed by atoms with Crippen LogP contribution in [0.15, 0.2) is 30.3 Å². The van der Waals surface area contributed by atoms with Crippen molar-refractivity contribution in [2.45, 2.75) is 43.7 Å². The zero-order valence-corrected chi connectivity index (χ0v) is 10.6. The Morgan fingerprint density at radius 3 is 2.50 bits per heavy atom. The van der Waals surface area contributed by atoms with Gasteiger partial charge in [-0.25, -0.2) is 0 Å². The lowest BCUT2D eigenvalue weighted by Gasteiger charge is -2.27. The molecular weight excluding hydrogens is 224 g/mol. The number of nitriles is 1. The van der Waals surface area contributed by atoms with Crippen LogP contribution in [-0.4, -0.2) is 12.7 Å². The molecule has 18 heavy (non-hydrogen) atoms. The molecule has 1 saturated carbocycles. The molecule has 1 aliphatic carbocycles. The third-order valence-corrected chi connectivity index (χ3v) is 3.59. The van der Waals surface area contributed by atoms with Crippen molar-refractivity contribution in [3.05, 3.63) is 35.9 Å². The third-order valence-electron chi connectivity index (χ3n) is 3.59. The molecule has 0 amide bonds. The molecule has 0 aliphatic heterocycles. The zero-order chi connectivity index (χ0) is 12.8. The Hall–Kier alpha value is -1.37. The van der Waals surface area contributed by atoms with Crippen molar-refractivity contribution in [2.24, 2.45) is 5.73 Å². The average Bonchev–Trinajstić information content (AvgIpc) is 2.47. The highest BCUT2D eigenvalue weighted by Crippen LogP contribution is 2.24. The fourth-order valence-electron chi connectivity index (χ4n) is 2.40. The Bertz CT molecular complexity index is 406. The van der Waals surface area contributed by atoms with Crippen LogP contribution in [-0.2, 0) is 10.3 Å². The largest absolute Gasteiger partial charge is 0.375 e. The molecule has 1 fully saturated rings. The molecule has 0 saturated heterocycles. The molecule has 1 atom stereocenters. The third kappa shape index (κ3) is 3.10. The minimum Gasteiger partial charge on any atom is -0.375 e. The molecule has 2 N–H and O–H groups in total. The first-order valence-electron chi connectivity index (χ1n) is 6.62. The quantitative estimate of drug-likeness (QED) is 0.886. The first-order valence-corrected chi connectivity index (χ1v) is 6.62. The van der Waals surface area contributed by atoms with Gasteiger partial charge in [0.15, 0.2) is 5.54 Å². The summed E-state index contributed by atoms with van der Waals surface area (Å²) in [7, 11) is 0. The van der Waals surface area contributed by atoms with E-state index in [1.54, 1.807) is 0 Å². The summed E-state index contributed by atoms with van der Waals surface area (Å²) in [6.07, 6.45) is 6.20. The van der Waals surface area contributed by atoms with Gasteiger partial charge in [-0.15, -0.1) is 0 Å². The average molecular weight is 244 g/mol. The van der Waals surface area contributed by atoms with Crippen molar-refractivity contribution in [2.75, 3.05) is 6.61 Å². The predicted octanol–water partition coefficient (Wildman–Crippen LogP) is 2.71. The molecular formula is C15H20N2O. The molecule has 0 spiro atoms. The van der Waals surface area contributed by atoms with E-state index in [0.29, 0.717) is 0 Å². The summed E-state index contributed by atoms with van der Waals surface area (Å²) in [4.78, 5) is 0. The zero-order valence-electron chi connectivity index (χ0n) is 10.6. The summed E-state index contributed by atoms with van der Waals surface area (Å²) < 4.78 is 5.85. The van der Waals surface area contributed by atoms with E-state index in [2.05, 4.69) is 6.07 Å². The van der Waals surface area contributed by atoms with Gasteiger partial charge in [0.1, 0.15) is 0 Å². The Kier molecular flexibility index (Phi) is 4.35. The van der Waals surface area contributed by atoms with Crippen LogP contribution in [0.2, 0.25) is 0 Å². The van der Waals surface area contributed by atoms with E-state index in [9.17, 15) is 5.26 Å². The van der Waals surface area contributed by atoms with Gasteiger partial charge in [0.2, 0.25) is 0 Å². The SMILES string of the molecule is N#CC(N)(COC1CCCCC1)c1ccccc1. The molecule has 0 radical (unpaired) electrons. The van der Waals surface area contributed by atoms with Crippen LogP contribution in [0, 0.1) is 11.3 Å². The minimum atomic E-state index is -1.03. The van der Waals surface area contributed by atoms with E-state index in [4.69, 9.17) is 10.5 Å². The van der Waals surface area contributed by atoms with Crippen molar-refractivity contribution < 1.29 is 4.74 Å². The monoisotopic (exact) mass is 244 g/mol. The van der Waals surface area contributed by atoms with Gasteiger partial charge in [-0.3, -0.25) is 0 Å². The lowest BCUT2D eigenvalue weighted by molar-refractivity contribution is 0.00936. The van der Waals surface area contributed by atoms with Gasteiger partial charge in [-0.2, -0.15) is 5.26 Å². The number of ether oxygens (including phenoxy) is 1. The Morgan fingerprint density at radius 1 is 1.22 bits per heavy atom. The molecule has 0 bridgehead atoms. The summed E-state index contributed by atoms with van der Waals surface area (Å²) in [6.45, 7) is 0.276. The van der Waals surface area contributed by atoms with Crippen LogP contribution >= 0.6 is 0 Å². The molecule has 0 heterocycles. The maximum Gasteiger partial charge on any atom is 0.153 e. The van der Waals surface area contributed by atoms with E-state index in [1.165, 1.54) is 19.3 Å². The maximum atomic E-state index is 9.31. The van der Waals surface area contributed by atoms with Gasteiger partial charge in [0.25, 0.3) is 0 Å². The van der Waals surface area contributed by atoms with Gasteiger partial charge < -0.3 is 10.5 Å². The van der Waals surface area contributed by atoms with Gasteiger partial charge in [-0.05, 0) is 18.4 Å². The standard InChI is InChI=1S/C15H20N2O/c16-11-15(17,13-7-3-1-4-8-13)12-18-14-9-5-2-6-10-14/h1,3-4,7-8,14H,2,5-6,9-10,12,17H2. The van der Waals surface area contributed by atoms with Gasteiger partial charge in [-0.1, -0.05) is 49.6 Å². The first kappa shape index (κ1) is 13.1. The van der Waals surface area contributed by atoms with Crippen LogP contribution < -0.4 is 5.73 Å². The minimum absolute atomic E-state index is 0.276. The fourth-order valence-corrected chi connectivity index (χ4v) is 2.40. The highest BCUT2D eigenvalue weighted by atomic mass is 16.5. The second kappa shape index (κ2) is 5.99. The van der Waals surface area contributed by atoms with E-state index in [-0.39, 0.29) is 12.7 Å². The van der Waals surface area contributed by atoms with Crippen molar-refractivity contribution in [1.29, 1.82) is 5.26 Å². The first-order chi connectivity index (χ1) is 8.74. The molecule has 3 nitrogen and oxygen atoms in total. The molecule has 1 aliphatic rings. The van der Waals surface area contributed by atoms with E-state index in [0.717, 1.165) is 18.4 Å². The summed E-state index contributed by atoms with van der Waals surface area (Å²) in [5.41, 5.74) is 5.94. The van der Waals surface area contributed by atoms with Crippen molar-refractivity contribution in [3.63, 3.8) is 0 Å². The van der Waals surface area contributed by atoms with Crippen LogP contribution in [0.4, 0.5) is 0 Å². The molecule has 2 rings (SSSR count). The fraction of sp³-hybridized carbons (Fsp3) is 0.533. The lowest BCUT2D eigenvalue weighted by Crippen LogP contribution is -2.41. The predicted molar refractivity (Wildman–Crippen MR) is 70.7 cm³/mol. The molecule has 1 aromatic carbocycles. The van der Waals surface area contributed by atoms with Crippen LogP contribution in [0.25, 0.3) is 0 Å². The van der Waals surface area contributed by atoms with E-state index in [1.807, 2.05) is 30.3 Å². The normalized spacial score (nSPS) is 20.0. The van der Waals surface area contributed by atoms with Gasteiger partial charge in [0, 0.05) is 0 Å². The molecule has 1 unspecified atom stereocenters. The number of rotatable bonds is 4. The van der Waals surface area contributed by atoms with E-state index < -0.39 is 5.54 Å². The van der Waals surface area contributed by atoms with Crippen molar-refractivity contribution in [3.8, 4) is 6.07 Å². The second-order valence-corrected chi connectivity index (χ2v) is 5.02. The van der Waals surface area contributed by atoms with Crippen LogP contribution in [0.3, 0.4) is 0 Å².